The van der Waals surface area contributed by atoms with E-state index in [0.717, 1.165) is 5.92 Å². The molecular weight excluding hydrogens is 230 g/mol. The number of rotatable bonds is 3. The van der Waals surface area contributed by atoms with Crippen LogP contribution in [0.5, 0.6) is 0 Å². The molecule has 0 aromatic rings. The number of hydrogen-bond acceptors (Lipinski definition) is 3. The number of amides is 3. The first-order chi connectivity index (χ1) is 8.25. The van der Waals surface area contributed by atoms with Gasteiger partial charge in [-0.25, -0.2) is 4.79 Å². The lowest BCUT2D eigenvalue weighted by Gasteiger charge is -2.43. The van der Waals surface area contributed by atoms with Crippen molar-refractivity contribution in [2.45, 2.75) is 46.1 Å². The number of nitrogens with one attached hydrogen (secondary N) is 2. The van der Waals surface area contributed by atoms with Crippen LogP contribution in [0.3, 0.4) is 0 Å². The highest BCUT2D eigenvalue weighted by Crippen LogP contribution is 2.62. The Hall–Kier alpha value is -1.10. The van der Waals surface area contributed by atoms with Gasteiger partial charge in [0.2, 0.25) is 5.91 Å². The Morgan fingerprint density at radius 2 is 2.00 bits per heavy atom. The smallest absolute Gasteiger partial charge is 0.318 e. The second kappa shape index (κ2) is 4.23. The maximum absolute atomic E-state index is 11.5. The van der Waals surface area contributed by atoms with Gasteiger partial charge in [-0.05, 0) is 36.0 Å². The fraction of sp³-hybridized carbons (Fsp3) is 0.846. The van der Waals surface area contributed by atoms with Crippen molar-refractivity contribution < 1.29 is 9.59 Å². The molecule has 3 unspecified atom stereocenters. The van der Waals surface area contributed by atoms with E-state index in [4.69, 9.17) is 5.73 Å². The van der Waals surface area contributed by atoms with Crippen molar-refractivity contribution >= 4 is 11.9 Å². The molecule has 0 aliphatic heterocycles. The number of carbonyl (C=O) groups is 2. The van der Waals surface area contributed by atoms with Crippen LogP contribution in [0.25, 0.3) is 0 Å². The van der Waals surface area contributed by atoms with E-state index in [1.807, 2.05) is 0 Å². The zero-order valence-corrected chi connectivity index (χ0v) is 11.4. The molecule has 0 spiro atoms. The third-order valence-corrected chi connectivity index (χ3v) is 5.00. The Bertz CT molecular complexity index is 376. The van der Waals surface area contributed by atoms with Crippen molar-refractivity contribution in [3.05, 3.63) is 0 Å². The standard InChI is InChI=1S/C13H23N3O2/c1-12(2)8-4-5-13(3,6-8)10(12)15-7-9(17)16-11(14)18/h8,10,15H,4-7H2,1-3H3,(H3,14,16,17,18). The van der Waals surface area contributed by atoms with Crippen LogP contribution in [0.2, 0.25) is 0 Å². The van der Waals surface area contributed by atoms with Crippen LogP contribution in [0, 0.1) is 16.7 Å². The van der Waals surface area contributed by atoms with E-state index in [2.05, 4.69) is 31.4 Å². The van der Waals surface area contributed by atoms with Gasteiger partial charge in [0.15, 0.2) is 0 Å². The zero-order chi connectivity index (χ0) is 13.6. The van der Waals surface area contributed by atoms with E-state index in [1.165, 1.54) is 19.3 Å². The minimum Gasteiger partial charge on any atom is -0.351 e. The number of imide groups is 1. The summed E-state index contributed by atoms with van der Waals surface area (Å²) in [5, 5.41) is 5.42. The number of carbonyl (C=O) groups excluding carboxylic acids is 2. The van der Waals surface area contributed by atoms with Gasteiger partial charge in [-0.3, -0.25) is 10.1 Å². The molecule has 2 fully saturated rings. The summed E-state index contributed by atoms with van der Waals surface area (Å²) in [5.74, 6) is 0.379. The van der Waals surface area contributed by atoms with Crippen molar-refractivity contribution in [1.29, 1.82) is 0 Å². The van der Waals surface area contributed by atoms with Crippen molar-refractivity contribution in [3.63, 3.8) is 0 Å². The van der Waals surface area contributed by atoms with Crippen LogP contribution in [-0.4, -0.2) is 24.5 Å². The van der Waals surface area contributed by atoms with Crippen molar-refractivity contribution in [2.24, 2.45) is 22.5 Å². The topological polar surface area (TPSA) is 84.2 Å². The average molecular weight is 253 g/mol. The third-order valence-electron chi connectivity index (χ3n) is 5.00. The largest absolute Gasteiger partial charge is 0.351 e. The SMILES string of the molecule is CC12CCC(C1)C(C)(C)C2NCC(=O)NC(N)=O. The number of urea groups is 1. The van der Waals surface area contributed by atoms with Gasteiger partial charge < -0.3 is 11.1 Å². The molecule has 3 atom stereocenters. The molecule has 5 nitrogen and oxygen atoms in total. The molecule has 102 valence electrons. The molecule has 2 aliphatic carbocycles. The van der Waals surface area contributed by atoms with E-state index in [0.29, 0.717) is 6.04 Å². The molecule has 0 aromatic carbocycles. The molecular formula is C13H23N3O2. The molecule has 0 radical (unpaired) electrons. The highest BCUT2D eigenvalue weighted by molar-refractivity contribution is 5.94. The van der Waals surface area contributed by atoms with Gasteiger partial charge in [0, 0.05) is 6.04 Å². The maximum atomic E-state index is 11.5. The maximum Gasteiger partial charge on any atom is 0.318 e. The van der Waals surface area contributed by atoms with Crippen LogP contribution in [0.1, 0.15) is 40.0 Å². The molecule has 18 heavy (non-hydrogen) atoms. The number of hydrogen-bond donors (Lipinski definition) is 3. The molecule has 0 heterocycles. The van der Waals surface area contributed by atoms with Gasteiger partial charge in [-0.15, -0.1) is 0 Å². The second-order valence-corrected chi connectivity index (χ2v) is 6.64. The molecule has 3 amide bonds. The summed E-state index contributed by atoms with van der Waals surface area (Å²) in [6, 6.07) is -0.470. The van der Waals surface area contributed by atoms with E-state index in [9.17, 15) is 9.59 Å². The fourth-order valence-corrected chi connectivity index (χ4v) is 4.19. The van der Waals surface area contributed by atoms with E-state index in [-0.39, 0.29) is 23.3 Å². The summed E-state index contributed by atoms with van der Waals surface area (Å²) in [4.78, 5) is 22.0. The first-order valence-electron chi connectivity index (χ1n) is 6.58. The first kappa shape index (κ1) is 13.3. The Morgan fingerprint density at radius 3 is 2.50 bits per heavy atom. The van der Waals surface area contributed by atoms with Crippen molar-refractivity contribution in [2.75, 3.05) is 6.54 Å². The van der Waals surface area contributed by atoms with E-state index < -0.39 is 6.03 Å². The molecule has 4 N–H and O–H groups in total. The lowest BCUT2D eigenvalue weighted by Crippen LogP contribution is -2.53. The highest BCUT2D eigenvalue weighted by Gasteiger charge is 2.58. The van der Waals surface area contributed by atoms with E-state index >= 15 is 0 Å². The zero-order valence-electron chi connectivity index (χ0n) is 11.4. The van der Waals surface area contributed by atoms with Crippen LogP contribution in [0.4, 0.5) is 4.79 Å². The van der Waals surface area contributed by atoms with Crippen LogP contribution >= 0.6 is 0 Å². The van der Waals surface area contributed by atoms with Gasteiger partial charge in [-0.2, -0.15) is 0 Å². The number of nitrogens with two attached hydrogens (primary N) is 1. The molecule has 5 heteroatoms. The lowest BCUT2D eigenvalue weighted by molar-refractivity contribution is -0.119. The monoisotopic (exact) mass is 253 g/mol. The number of fused-ring (bicyclic) bond motifs is 2. The van der Waals surface area contributed by atoms with E-state index in [1.54, 1.807) is 0 Å². The van der Waals surface area contributed by atoms with Gasteiger partial charge in [-0.1, -0.05) is 20.8 Å². The van der Waals surface area contributed by atoms with Crippen molar-refractivity contribution in [1.82, 2.24) is 10.6 Å². The predicted octanol–water partition coefficient (Wildman–Crippen LogP) is 0.986. The van der Waals surface area contributed by atoms with Gasteiger partial charge >= 0.3 is 6.03 Å². The Kier molecular flexibility index (Phi) is 3.13. The lowest BCUT2D eigenvalue weighted by atomic mass is 9.68. The molecule has 2 bridgehead atoms. The normalized spacial score (nSPS) is 36.6. The first-order valence-corrected chi connectivity index (χ1v) is 6.58. The predicted molar refractivity (Wildman–Crippen MR) is 68.7 cm³/mol. The van der Waals surface area contributed by atoms with Crippen LogP contribution in [0.15, 0.2) is 0 Å². The molecule has 0 aromatic heterocycles. The summed E-state index contributed by atoms with van der Waals surface area (Å²) in [7, 11) is 0. The summed E-state index contributed by atoms with van der Waals surface area (Å²) in [6.07, 6.45) is 3.74. The molecule has 0 saturated heterocycles. The summed E-state index contributed by atoms with van der Waals surface area (Å²) < 4.78 is 0. The third kappa shape index (κ3) is 2.11. The second-order valence-electron chi connectivity index (χ2n) is 6.64. The Morgan fingerprint density at radius 1 is 1.33 bits per heavy atom. The van der Waals surface area contributed by atoms with Crippen molar-refractivity contribution in [3.8, 4) is 0 Å². The van der Waals surface area contributed by atoms with Gasteiger partial charge in [0.05, 0.1) is 6.54 Å². The fourth-order valence-electron chi connectivity index (χ4n) is 4.19. The quantitative estimate of drug-likeness (QED) is 0.701. The summed E-state index contributed by atoms with van der Waals surface area (Å²) in [5.41, 5.74) is 5.41. The number of primary amides is 1. The van der Waals surface area contributed by atoms with Crippen LogP contribution < -0.4 is 16.4 Å². The van der Waals surface area contributed by atoms with Gasteiger partial charge in [0.1, 0.15) is 0 Å². The molecule has 2 saturated carbocycles. The molecule has 2 rings (SSSR count). The highest BCUT2D eigenvalue weighted by atomic mass is 16.2. The van der Waals surface area contributed by atoms with Crippen LogP contribution in [-0.2, 0) is 4.79 Å². The molecule has 2 aliphatic rings. The minimum absolute atomic E-state index is 0.152. The van der Waals surface area contributed by atoms with Gasteiger partial charge in [0.25, 0.3) is 0 Å². The summed E-state index contributed by atoms with van der Waals surface area (Å²) in [6.45, 7) is 6.99. The Balaban J connectivity index is 1.97. The average Bonchev–Trinajstić information content (AvgIpc) is 2.67. The Labute approximate surface area is 108 Å². The summed E-state index contributed by atoms with van der Waals surface area (Å²) >= 11 is 0. The minimum atomic E-state index is -0.791.